The molecule has 0 aliphatic heterocycles. The van der Waals surface area contributed by atoms with Crippen LogP contribution in [0.1, 0.15) is 30.0 Å². The molecule has 2 aromatic rings. The number of hydrogen-bond acceptors (Lipinski definition) is 3. The molecule has 25 heavy (non-hydrogen) atoms. The molecule has 0 radical (unpaired) electrons. The Labute approximate surface area is 147 Å². The molecule has 1 atom stereocenters. The molecule has 1 aliphatic carbocycles. The minimum absolute atomic E-state index is 0.0609. The van der Waals surface area contributed by atoms with Gasteiger partial charge in [-0.05, 0) is 47.7 Å². The number of carbonyl (C=O) groups excluding carboxylic acids is 2. The highest BCUT2D eigenvalue weighted by molar-refractivity contribution is 5.89. The van der Waals surface area contributed by atoms with E-state index in [0.29, 0.717) is 0 Å². The van der Waals surface area contributed by atoms with Crippen LogP contribution >= 0.6 is 0 Å². The average molecular weight is 335 g/mol. The third kappa shape index (κ3) is 4.80. The van der Waals surface area contributed by atoms with E-state index in [-0.39, 0.29) is 18.0 Å². The van der Waals surface area contributed by atoms with Crippen molar-refractivity contribution in [2.24, 2.45) is 0 Å². The lowest BCUT2D eigenvalue weighted by molar-refractivity contribution is -0.143. The van der Waals surface area contributed by atoms with E-state index in [2.05, 4.69) is 17.4 Å². The third-order valence-corrected chi connectivity index (χ3v) is 4.23. The Balaban J connectivity index is 1.54. The number of nitrogens with one attached hydrogen (secondary N) is 1. The largest absolute Gasteiger partial charge is 0.459 e. The predicted octanol–water partition coefficient (Wildman–Crippen LogP) is 3.76. The van der Waals surface area contributed by atoms with Crippen molar-refractivity contribution in [3.05, 3.63) is 71.3 Å². The van der Waals surface area contributed by atoms with Gasteiger partial charge in [0.1, 0.15) is 6.10 Å². The molecule has 1 unspecified atom stereocenters. The first-order chi connectivity index (χ1) is 12.1. The van der Waals surface area contributed by atoms with Crippen LogP contribution in [-0.4, -0.2) is 18.0 Å². The Morgan fingerprint density at radius 3 is 2.52 bits per heavy atom. The number of amides is 1. The van der Waals surface area contributed by atoms with Crippen molar-refractivity contribution in [2.45, 2.75) is 32.3 Å². The van der Waals surface area contributed by atoms with E-state index in [1.54, 1.807) is 18.2 Å². The smallest absolute Gasteiger partial charge is 0.331 e. The SMILES string of the molecule is CC(=O)Nc1ccc(/C=C/C(=O)OC2CCc3ccccc3C2)cc1. The van der Waals surface area contributed by atoms with Crippen molar-refractivity contribution >= 4 is 23.6 Å². The Morgan fingerprint density at radius 2 is 1.80 bits per heavy atom. The Kier molecular flexibility index (Phi) is 5.29. The summed E-state index contributed by atoms with van der Waals surface area (Å²) in [6, 6.07) is 15.6. The van der Waals surface area contributed by atoms with E-state index >= 15 is 0 Å². The lowest BCUT2D eigenvalue weighted by atomic mass is 9.90. The molecule has 128 valence electrons. The maximum absolute atomic E-state index is 12.0. The molecule has 1 N–H and O–H groups in total. The molecule has 4 heteroatoms. The monoisotopic (exact) mass is 335 g/mol. The second kappa shape index (κ2) is 7.79. The van der Waals surface area contributed by atoms with Crippen LogP contribution in [0.4, 0.5) is 5.69 Å². The van der Waals surface area contributed by atoms with Crippen LogP contribution < -0.4 is 5.32 Å². The van der Waals surface area contributed by atoms with E-state index in [9.17, 15) is 9.59 Å². The van der Waals surface area contributed by atoms with Gasteiger partial charge in [-0.1, -0.05) is 36.4 Å². The van der Waals surface area contributed by atoms with Crippen LogP contribution in [-0.2, 0) is 27.2 Å². The zero-order chi connectivity index (χ0) is 17.6. The number of fused-ring (bicyclic) bond motifs is 1. The molecule has 0 aromatic heterocycles. The maximum Gasteiger partial charge on any atom is 0.331 e. The summed E-state index contributed by atoms with van der Waals surface area (Å²) in [5.41, 5.74) is 4.22. The van der Waals surface area contributed by atoms with Crippen LogP contribution in [0.5, 0.6) is 0 Å². The van der Waals surface area contributed by atoms with Gasteiger partial charge in [-0.2, -0.15) is 0 Å². The van der Waals surface area contributed by atoms with Crippen molar-refractivity contribution < 1.29 is 14.3 Å². The number of hydrogen-bond donors (Lipinski definition) is 1. The molecular formula is C21H21NO3. The van der Waals surface area contributed by atoms with E-state index in [1.807, 2.05) is 24.3 Å². The van der Waals surface area contributed by atoms with Gasteiger partial charge >= 0.3 is 5.97 Å². The van der Waals surface area contributed by atoms with Gasteiger partial charge < -0.3 is 10.1 Å². The molecular weight excluding hydrogens is 314 g/mol. The van der Waals surface area contributed by atoms with Gasteiger partial charge in [-0.3, -0.25) is 4.79 Å². The van der Waals surface area contributed by atoms with Crippen LogP contribution in [0.2, 0.25) is 0 Å². The van der Waals surface area contributed by atoms with Crippen molar-refractivity contribution in [1.82, 2.24) is 0 Å². The first-order valence-electron chi connectivity index (χ1n) is 8.43. The number of aryl methyl sites for hydroxylation is 1. The zero-order valence-electron chi connectivity index (χ0n) is 14.2. The van der Waals surface area contributed by atoms with Crippen molar-refractivity contribution in [2.75, 3.05) is 5.32 Å². The highest BCUT2D eigenvalue weighted by atomic mass is 16.5. The summed E-state index contributed by atoms with van der Waals surface area (Å²) in [7, 11) is 0. The van der Waals surface area contributed by atoms with Crippen molar-refractivity contribution in [1.29, 1.82) is 0 Å². The molecule has 3 rings (SSSR count). The van der Waals surface area contributed by atoms with Gasteiger partial charge in [-0.15, -0.1) is 0 Å². The van der Waals surface area contributed by atoms with Crippen molar-refractivity contribution in [3.63, 3.8) is 0 Å². The van der Waals surface area contributed by atoms with Crippen molar-refractivity contribution in [3.8, 4) is 0 Å². The minimum Gasteiger partial charge on any atom is -0.459 e. The predicted molar refractivity (Wildman–Crippen MR) is 98.1 cm³/mol. The summed E-state index contributed by atoms with van der Waals surface area (Å²) in [5.74, 6) is -0.434. The Bertz CT molecular complexity index is 793. The number of carbonyl (C=O) groups is 2. The number of anilines is 1. The lowest BCUT2D eigenvalue weighted by Crippen LogP contribution is -2.24. The highest BCUT2D eigenvalue weighted by Gasteiger charge is 2.20. The van der Waals surface area contributed by atoms with E-state index < -0.39 is 0 Å². The van der Waals surface area contributed by atoms with E-state index in [4.69, 9.17) is 4.74 Å². The topological polar surface area (TPSA) is 55.4 Å². The van der Waals surface area contributed by atoms with Gasteiger partial charge in [0.05, 0.1) is 0 Å². The second-order valence-corrected chi connectivity index (χ2v) is 6.21. The quantitative estimate of drug-likeness (QED) is 0.684. The average Bonchev–Trinajstić information content (AvgIpc) is 2.60. The molecule has 4 nitrogen and oxygen atoms in total. The van der Waals surface area contributed by atoms with Gasteiger partial charge in [-0.25, -0.2) is 4.79 Å². The molecule has 0 spiro atoms. The molecule has 0 saturated carbocycles. The Morgan fingerprint density at radius 1 is 1.08 bits per heavy atom. The molecule has 1 amide bonds. The van der Waals surface area contributed by atoms with Gasteiger partial charge in [0.15, 0.2) is 0 Å². The molecule has 0 fully saturated rings. The van der Waals surface area contributed by atoms with Gasteiger partial charge in [0.25, 0.3) is 0 Å². The van der Waals surface area contributed by atoms with Crippen LogP contribution in [0, 0.1) is 0 Å². The lowest BCUT2D eigenvalue weighted by Gasteiger charge is -2.24. The fourth-order valence-electron chi connectivity index (χ4n) is 3.01. The maximum atomic E-state index is 12.0. The van der Waals surface area contributed by atoms with E-state index in [0.717, 1.165) is 30.5 Å². The molecule has 1 aliphatic rings. The third-order valence-electron chi connectivity index (χ3n) is 4.23. The van der Waals surface area contributed by atoms with E-state index in [1.165, 1.54) is 24.1 Å². The van der Waals surface area contributed by atoms with Crippen LogP contribution in [0.25, 0.3) is 6.08 Å². The number of rotatable bonds is 4. The standard InChI is InChI=1S/C21H21NO3/c1-15(23)22-19-10-6-16(7-11-19)8-13-21(24)25-20-12-9-17-4-2-3-5-18(17)14-20/h2-8,10-11,13,20H,9,12,14H2,1H3,(H,22,23)/b13-8+. The summed E-state index contributed by atoms with van der Waals surface area (Å²) in [4.78, 5) is 23.0. The number of ether oxygens (including phenoxy) is 1. The molecule has 0 heterocycles. The fourth-order valence-corrected chi connectivity index (χ4v) is 3.01. The van der Waals surface area contributed by atoms with Crippen LogP contribution in [0.15, 0.2) is 54.6 Å². The highest BCUT2D eigenvalue weighted by Crippen LogP contribution is 2.23. The van der Waals surface area contributed by atoms with Crippen LogP contribution in [0.3, 0.4) is 0 Å². The number of benzene rings is 2. The molecule has 0 bridgehead atoms. The molecule has 2 aromatic carbocycles. The summed E-state index contributed by atoms with van der Waals surface area (Å²) in [5, 5.41) is 2.70. The molecule has 0 saturated heterocycles. The summed E-state index contributed by atoms with van der Waals surface area (Å²) in [6.45, 7) is 1.47. The first kappa shape index (κ1) is 17.0. The Hall–Kier alpha value is -2.88. The fraction of sp³-hybridized carbons (Fsp3) is 0.238. The van der Waals surface area contributed by atoms with Gasteiger partial charge in [0, 0.05) is 25.1 Å². The summed E-state index contributed by atoms with van der Waals surface area (Å²) in [6.07, 6.45) is 5.70. The summed E-state index contributed by atoms with van der Waals surface area (Å²) >= 11 is 0. The number of esters is 1. The first-order valence-corrected chi connectivity index (χ1v) is 8.43. The zero-order valence-corrected chi connectivity index (χ0v) is 14.2. The normalized spacial score (nSPS) is 16.3. The second-order valence-electron chi connectivity index (χ2n) is 6.21. The van der Waals surface area contributed by atoms with Gasteiger partial charge in [0.2, 0.25) is 5.91 Å². The minimum atomic E-state index is -0.324. The summed E-state index contributed by atoms with van der Waals surface area (Å²) < 4.78 is 5.56.